The van der Waals surface area contributed by atoms with Gasteiger partial charge in [-0.1, -0.05) is 83.9 Å². The Morgan fingerprint density at radius 2 is 1.46 bits per heavy atom. The SMILES string of the molecule is Cc1ccc(C(=O)[C@H](OC(=O)c2ccccc2Cl)c2ccccc2)cc1. The smallest absolute Gasteiger partial charge is 0.340 e. The van der Waals surface area contributed by atoms with Crippen molar-refractivity contribution < 1.29 is 14.3 Å². The Morgan fingerprint density at radius 1 is 0.846 bits per heavy atom. The van der Waals surface area contributed by atoms with Crippen LogP contribution >= 0.6 is 11.6 Å². The quantitative estimate of drug-likeness (QED) is 0.448. The number of Topliss-reactive ketones (excluding diaryl/α,β-unsaturated/α-hetero) is 1. The zero-order chi connectivity index (χ0) is 18.5. The van der Waals surface area contributed by atoms with E-state index in [2.05, 4.69) is 0 Å². The third-order valence-corrected chi connectivity index (χ3v) is 4.32. The molecule has 0 saturated heterocycles. The molecule has 0 aliphatic carbocycles. The Morgan fingerprint density at radius 3 is 2.12 bits per heavy atom. The van der Waals surface area contributed by atoms with E-state index in [1.165, 1.54) is 0 Å². The summed E-state index contributed by atoms with van der Waals surface area (Å²) in [6.45, 7) is 1.94. The summed E-state index contributed by atoms with van der Waals surface area (Å²) in [7, 11) is 0. The van der Waals surface area contributed by atoms with Crippen molar-refractivity contribution in [3.05, 3.63) is 106 Å². The maximum Gasteiger partial charge on any atom is 0.340 e. The molecule has 0 radical (unpaired) electrons. The molecule has 0 saturated carbocycles. The summed E-state index contributed by atoms with van der Waals surface area (Å²) < 4.78 is 5.58. The maximum absolute atomic E-state index is 13.0. The van der Waals surface area contributed by atoms with Gasteiger partial charge in [-0.3, -0.25) is 4.79 Å². The molecule has 0 unspecified atom stereocenters. The molecule has 130 valence electrons. The average Bonchev–Trinajstić information content (AvgIpc) is 2.67. The van der Waals surface area contributed by atoms with E-state index in [1.54, 1.807) is 60.7 Å². The van der Waals surface area contributed by atoms with Gasteiger partial charge in [0.1, 0.15) is 0 Å². The summed E-state index contributed by atoms with van der Waals surface area (Å²) in [4.78, 5) is 25.6. The van der Waals surface area contributed by atoms with E-state index in [0.717, 1.165) is 5.56 Å². The van der Waals surface area contributed by atoms with Crippen LogP contribution in [-0.2, 0) is 4.74 Å². The van der Waals surface area contributed by atoms with Crippen molar-refractivity contribution in [2.75, 3.05) is 0 Å². The molecule has 0 N–H and O–H groups in total. The van der Waals surface area contributed by atoms with Crippen LogP contribution in [0.15, 0.2) is 78.9 Å². The highest BCUT2D eigenvalue weighted by Gasteiger charge is 2.27. The van der Waals surface area contributed by atoms with Gasteiger partial charge in [0.15, 0.2) is 6.10 Å². The maximum atomic E-state index is 13.0. The zero-order valence-electron chi connectivity index (χ0n) is 14.2. The highest BCUT2D eigenvalue weighted by molar-refractivity contribution is 6.33. The Hall–Kier alpha value is -2.91. The Labute approximate surface area is 157 Å². The summed E-state index contributed by atoms with van der Waals surface area (Å²) in [5, 5.41) is 0.284. The van der Waals surface area contributed by atoms with E-state index < -0.39 is 12.1 Å². The number of ketones is 1. The molecule has 3 aromatic rings. The molecular weight excluding hydrogens is 348 g/mol. The number of benzene rings is 3. The molecule has 0 fully saturated rings. The van der Waals surface area contributed by atoms with Gasteiger partial charge in [-0.25, -0.2) is 4.79 Å². The van der Waals surface area contributed by atoms with Gasteiger partial charge >= 0.3 is 5.97 Å². The van der Waals surface area contributed by atoms with Gasteiger partial charge in [0.05, 0.1) is 10.6 Å². The molecule has 0 bridgehead atoms. The minimum atomic E-state index is -1.04. The Bertz CT molecular complexity index is 918. The molecule has 1 atom stereocenters. The number of hydrogen-bond acceptors (Lipinski definition) is 3. The lowest BCUT2D eigenvalue weighted by Gasteiger charge is -2.18. The topological polar surface area (TPSA) is 43.4 Å². The standard InChI is InChI=1S/C22H17ClO3/c1-15-11-13-16(14-12-15)20(24)21(17-7-3-2-4-8-17)26-22(25)18-9-5-6-10-19(18)23/h2-14,21H,1H3/t21-/m1/s1. The number of carbonyl (C=O) groups is 2. The third kappa shape index (κ3) is 4.01. The number of aryl methyl sites for hydroxylation is 1. The van der Waals surface area contributed by atoms with Gasteiger partial charge < -0.3 is 4.74 Å². The van der Waals surface area contributed by atoms with Crippen LogP contribution < -0.4 is 0 Å². The molecule has 4 heteroatoms. The van der Waals surface area contributed by atoms with Crippen LogP contribution in [0.5, 0.6) is 0 Å². The minimum Gasteiger partial charge on any atom is -0.445 e. The van der Waals surface area contributed by atoms with Crippen molar-refractivity contribution in [2.45, 2.75) is 13.0 Å². The van der Waals surface area contributed by atoms with Crippen LogP contribution in [-0.4, -0.2) is 11.8 Å². The van der Waals surface area contributed by atoms with E-state index in [9.17, 15) is 9.59 Å². The van der Waals surface area contributed by atoms with E-state index in [1.807, 2.05) is 25.1 Å². The largest absolute Gasteiger partial charge is 0.445 e. The highest BCUT2D eigenvalue weighted by Crippen LogP contribution is 2.26. The second-order valence-corrected chi connectivity index (χ2v) is 6.31. The van der Waals surface area contributed by atoms with Crippen LogP contribution in [0.1, 0.15) is 37.9 Å². The van der Waals surface area contributed by atoms with E-state index >= 15 is 0 Å². The van der Waals surface area contributed by atoms with Gasteiger partial charge in [-0.05, 0) is 19.1 Å². The van der Waals surface area contributed by atoms with Crippen LogP contribution in [0.25, 0.3) is 0 Å². The number of ether oxygens (including phenoxy) is 1. The fraction of sp³-hybridized carbons (Fsp3) is 0.0909. The number of esters is 1. The van der Waals surface area contributed by atoms with Crippen LogP contribution in [0.3, 0.4) is 0 Å². The van der Waals surface area contributed by atoms with Crippen molar-refractivity contribution in [1.29, 1.82) is 0 Å². The van der Waals surface area contributed by atoms with Gasteiger partial charge in [0.2, 0.25) is 5.78 Å². The number of rotatable bonds is 5. The second kappa shape index (κ2) is 7.98. The Balaban J connectivity index is 1.94. The van der Waals surface area contributed by atoms with Gasteiger partial charge in [0, 0.05) is 11.1 Å². The average molecular weight is 365 g/mol. The molecule has 0 amide bonds. The minimum absolute atomic E-state index is 0.229. The van der Waals surface area contributed by atoms with Crippen LogP contribution in [0.2, 0.25) is 5.02 Å². The molecule has 0 aliphatic rings. The fourth-order valence-corrected chi connectivity index (χ4v) is 2.78. The first kappa shape index (κ1) is 17.9. The summed E-state index contributed by atoms with van der Waals surface area (Å²) in [6.07, 6.45) is -1.04. The van der Waals surface area contributed by atoms with E-state index in [0.29, 0.717) is 11.1 Å². The molecule has 0 aromatic heterocycles. The molecule has 3 rings (SSSR count). The molecule has 3 nitrogen and oxygen atoms in total. The predicted octanol–water partition coefficient (Wildman–Crippen LogP) is 5.43. The lowest BCUT2D eigenvalue weighted by Crippen LogP contribution is -2.20. The normalized spacial score (nSPS) is 11.6. The lowest BCUT2D eigenvalue weighted by molar-refractivity contribution is 0.0280. The van der Waals surface area contributed by atoms with E-state index in [4.69, 9.17) is 16.3 Å². The van der Waals surface area contributed by atoms with Crippen molar-refractivity contribution in [2.24, 2.45) is 0 Å². The third-order valence-electron chi connectivity index (χ3n) is 4.00. The first-order valence-corrected chi connectivity index (χ1v) is 8.55. The van der Waals surface area contributed by atoms with E-state index in [-0.39, 0.29) is 16.4 Å². The Kier molecular flexibility index (Phi) is 5.49. The summed E-state index contributed by atoms with van der Waals surface area (Å²) in [5.74, 6) is -0.915. The first-order valence-electron chi connectivity index (χ1n) is 8.17. The van der Waals surface area contributed by atoms with Gasteiger partial charge in [0.25, 0.3) is 0 Å². The van der Waals surface area contributed by atoms with Crippen LogP contribution in [0, 0.1) is 6.92 Å². The van der Waals surface area contributed by atoms with Gasteiger partial charge in [-0.15, -0.1) is 0 Å². The molecule has 0 aliphatic heterocycles. The second-order valence-electron chi connectivity index (χ2n) is 5.91. The molecule has 0 heterocycles. The lowest BCUT2D eigenvalue weighted by atomic mass is 9.99. The zero-order valence-corrected chi connectivity index (χ0v) is 14.9. The van der Waals surface area contributed by atoms with Crippen molar-refractivity contribution in [1.82, 2.24) is 0 Å². The molecule has 3 aromatic carbocycles. The summed E-state index contributed by atoms with van der Waals surface area (Å²) >= 11 is 6.08. The van der Waals surface area contributed by atoms with Crippen molar-refractivity contribution in [3.8, 4) is 0 Å². The number of carbonyl (C=O) groups excluding carboxylic acids is 2. The highest BCUT2D eigenvalue weighted by atomic mass is 35.5. The number of halogens is 1. The monoisotopic (exact) mass is 364 g/mol. The van der Waals surface area contributed by atoms with Crippen molar-refractivity contribution in [3.63, 3.8) is 0 Å². The number of hydrogen-bond donors (Lipinski definition) is 0. The molecule has 26 heavy (non-hydrogen) atoms. The fourth-order valence-electron chi connectivity index (χ4n) is 2.57. The molecular formula is C22H17ClO3. The molecule has 0 spiro atoms. The van der Waals surface area contributed by atoms with Crippen LogP contribution in [0.4, 0.5) is 0 Å². The summed E-state index contributed by atoms with van der Waals surface area (Å²) in [5.41, 5.74) is 2.37. The van der Waals surface area contributed by atoms with Crippen molar-refractivity contribution >= 4 is 23.4 Å². The first-order chi connectivity index (χ1) is 12.6. The van der Waals surface area contributed by atoms with Gasteiger partial charge in [-0.2, -0.15) is 0 Å². The predicted molar refractivity (Wildman–Crippen MR) is 102 cm³/mol. The summed E-state index contributed by atoms with van der Waals surface area (Å²) in [6, 6.07) is 22.7.